The van der Waals surface area contributed by atoms with Crippen LogP contribution in [0.25, 0.3) is 0 Å². The summed E-state index contributed by atoms with van der Waals surface area (Å²) in [5, 5.41) is 0. The summed E-state index contributed by atoms with van der Waals surface area (Å²) in [5.74, 6) is 3.42. The molecule has 0 spiro atoms. The lowest BCUT2D eigenvalue weighted by molar-refractivity contribution is -0.111. The molecule has 0 heterocycles. The van der Waals surface area contributed by atoms with Crippen molar-refractivity contribution in [3.63, 3.8) is 0 Å². The molecule has 2 heteroatoms. The minimum absolute atomic E-state index is 0.301. The van der Waals surface area contributed by atoms with Crippen molar-refractivity contribution in [2.75, 3.05) is 20.6 Å². The summed E-state index contributed by atoms with van der Waals surface area (Å²) < 4.78 is 0. The Kier molecular flexibility index (Phi) is 25.2. The zero-order valence-electron chi connectivity index (χ0n) is 26.3. The molecule has 0 aromatic rings. The number of hydrogen-bond donors (Lipinski definition) is 0. The van der Waals surface area contributed by atoms with Gasteiger partial charge in [0.05, 0.1) is 0 Å². The summed E-state index contributed by atoms with van der Waals surface area (Å²) in [4.78, 5) is 12.7. The van der Waals surface area contributed by atoms with Crippen LogP contribution in [-0.2, 0) is 4.79 Å². The van der Waals surface area contributed by atoms with Crippen LogP contribution in [0.1, 0.15) is 158 Å². The van der Waals surface area contributed by atoms with Crippen molar-refractivity contribution in [2.24, 2.45) is 29.1 Å². The van der Waals surface area contributed by atoms with Crippen LogP contribution in [0.4, 0.5) is 0 Å². The molecule has 3 aliphatic rings. The topological polar surface area (TPSA) is 20.3 Å². The molecule has 3 fully saturated rings. The molecular formula is C33H69NO. The van der Waals surface area contributed by atoms with Crippen molar-refractivity contribution in [1.29, 1.82) is 0 Å². The van der Waals surface area contributed by atoms with Gasteiger partial charge in [0.25, 0.3) is 0 Å². The molecule has 35 heavy (non-hydrogen) atoms. The van der Waals surface area contributed by atoms with E-state index in [0.717, 1.165) is 56.3 Å². The fourth-order valence-electron chi connectivity index (χ4n) is 4.88. The molecule has 0 aromatic heterocycles. The van der Waals surface area contributed by atoms with E-state index in [9.17, 15) is 4.79 Å². The zero-order valence-corrected chi connectivity index (χ0v) is 26.3. The van der Waals surface area contributed by atoms with Gasteiger partial charge in [-0.3, -0.25) is 0 Å². The molecule has 2 nitrogen and oxygen atoms in total. The molecule has 0 aliphatic heterocycles. The highest BCUT2D eigenvalue weighted by Gasteiger charge is 2.33. The average molecular weight is 496 g/mol. The van der Waals surface area contributed by atoms with Gasteiger partial charge in [-0.25, -0.2) is 0 Å². The van der Waals surface area contributed by atoms with Crippen LogP contribution in [0.2, 0.25) is 0 Å². The molecule has 0 bridgehead atoms. The molecule has 212 valence electrons. The molecule has 1 atom stereocenters. The van der Waals surface area contributed by atoms with Crippen molar-refractivity contribution in [3.05, 3.63) is 0 Å². The highest BCUT2D eigenvalue weighted by molar-refractivity contribution is 5.53. The van der Waals surface area contributed by atoms with E-state index in [2.05, 4.69) is 60.5 Å². The van der Waals surface area contributed by atoms with Gasteiger partial charge in [0, 0.05) is 5.92 Å². The predicted molar refractivity (Wildman–Crippen MR) is 160 cm³/mol. The number of aldehydes is 1. The Bertz CT molecular complexity index is 407. The molecule has 0 amide bonds. The van der Waals surface area contributed by atoms with E-state index in [1.807, 2.05) is 13.8 Å². The van der Waals surface area contributed by atoms with Crippen LogP contribution in [-0.4, -0.2) is 31.8 Å². The first kappa shape index (κ1) is 36.8. The molecular weight excluding hydrogens is 426 g/mol. The molecule has 1 unspecified atom stereocenters. The molecule has 3 rings (SSSR count). The second-order valence-electron chi connectivity index (χ2n) is 12.8. The highest BCUT2D eigenvalue weighted by Crippen LogP contribution is 2.44. The number of carbonyl (C=O) groups is 1. The third-order valence-corrected chi connectivity index (χ3v) is 7.62. The molecule has 0 aromatic carbocycles. The maximum absolute atomic E-state index is 10.6. The third-order valence-electron chi connectivity index (χ3n) is 7.62. The van der Waals surface area contributed by atoms with Crippen LogP contribution < -0.4 is 0 Å². The monoisotopic (exact) mass is 496 g/mol. The van der Waals surface area contributed by atoms with Gasteiger partial charge in [0.2, 0.25) is 0 Å². The van der Waals surface area contributed by atoms with Crippen molar-refractivity contribution in [3.8, 4) is 0 Å². The van der Waals surface area contributed by atoms with E-state index in [1.165, 1.54) is 77.0 Å². The SMILES string of the molecule is CC.CC(C)(C)C1CC1.CC1CCCCC1.CC1CCCCC1.CCCC(C=O)CCCN(C)C. The first-order valence-corrected chi connectivity index (χ1v) is 15.7. The summed E-state index contributed by atoms with van der Waals surface area (Å²) in [7, 11) is 4.13. The van der Waals surface area contributed by atoms with Crippen LogP contribution in [0.15, 0.2) is 0 Å². The maximum Gasteiger partial charge on any atom is 0.123 e. The van der Waals surface area contributed by atoms with E-state index >= 15 is 0 Å². The van der Waals surface area contributed by atoms with E-state index in [0.29, 0.717) is 11.3 Å². The second-order valence-corrected chi connectivity index (χ2v) is 12.8. The minimum atomic E-state index is 0.301. The first-order valence-electron chi connectivity index (χ1n) is 15.7. The highest BCUT2D eigenvalue weighted by atomic mass is 16.1. The molecule has 0 radical (unpaired) electrons. The van der Waals surface area contributed by atoms with E-state index in [4.69, 9.17) is 0 Å². The Hall–Kier alpha value is -0.370. The molecule has 3 saturated carbocycles. The fraction of sp³-hybridized carbons (Fsp3) is 0.970. The van der Waals surface area contributed by atoms with E-state index in [-0.39, 0.29) is 0 Å². The van der Waals surface area contributed by atoms with E-state index in [1.54, 1.807) is 0 Å². The average Bonchev–Trinajstić information content (AvgIpc) is 3.68. The van der Waals surface area contributed by atoms with Crippen LogP contribution in [0.3, 0.4) is 0 Å². The van der Waals surface area contributed by atoms with Gasteiger partial charge >= 0.3 is 0 Å². The standard InChI is InChI=1S/C10H21NO.3C7H14.C2H6/c1-4-6-10(9-12)7-5-8-11(2)3;1-7(2,3)6-4-5-6;2*1-7-5-3-2-4-6-7;1-2/h9-10H,4-8H2,1-3H3;6H,4-5H2,1-3H3;2*7H,2-6H2,1H3;1-2H3. The third kappa shape index (κ3) is 26.5. The van der Waals surface area contributed by atoms with Gasteiger partial charge in [0.1, 0.15) is 6.29 Å². The Balaban J connectivity index is 0. The summed E-state index contributed by atoms with van der Waals surface area (Å²) in [5.41, 5.74) is 0.611. The first-order chi connectivity index (χ1) is 16.6. The van der Waals surface area contributed by atoms with Gasteiger partial charge < -0.3 is 9.69 Å². The van der Waals surface area contributed by atoms with Gasteiger partial charge in [-0.05, 0) is 75.9 Å². The van der Waals surface area contributed by atoms with Gasteiger partial charge in [-0.15, -0.1) is 0 Å². The van der Waals surface area contributed by atoms with Crippen LogP contribution in [0.5, 0.6) is 0 Å². The van der Waals surface area contributed by atoms with Crippen molar-refractivity contribution < 1.29 is 4.79 Å². The predicted octanol–water partition coefficient (Wildman–Crippen LogP) is 10.6. The van der Waals surface area contributed by atoms with Gasteiger partial charge in [-0.2, -0.15) is 0 Å². The smallest absolute Gasteiger partial charge is 0.123 e. The lowest BCUT2D eigenvalue weighted by Crippen LogP contribution is -2.14. The summed E-state index contributed by atoms with van der Waals surface area (Å²) in [6.45, 7) is 18.9. The van der Waals surface area contributed by atoms with Crippen molar-refractivity contribution >= 4 is 6.29 Å². The number of hydrogen-bond acceptors (Lipinski definition) is 2. The maximum atomic E-state index is 10.6. The molecule has 3 aliphatic carbocycles. The summed E-state index contributed by atoms with van der Waals surface area (Å²) >= 11 is 0. The second kappa shape index (κ2) is 24.0. The lowest BCUT2D eigenvalue weighted by Gasteiger charge is -2.15. The number of nitrogens with zero attached hydrogens (tertiary/aromatic N) is 1. The summed E-state index contributed by atoms with van der Waals surface area (Å²) in [6, 6.07) is 0. The minimum Gasteiger partial charge on any atom is -0.309 e. The van der Waals surface area contributed by atoms with Crippen molar-refractivity contribution in [1.82, 2.24) is 4.90 Å². The Morgan fingerprint density at radius 3 is 1.40 bits per heavy atom. The van der Waals surface area contributed by atoms with Crippen molar-refractivity contribution in [2.45, 2.75) is 158 Å². The Morgan fingerprint density at radius 1 is 0.771 bits per heavy atom. The van der Waals surface area contributed by atoms with Crippen LogP contribution >= 0.6 is 0 Å². The zero-order chi connectivity index (χ0) is 27.1. The number of carbonyl (C=O) groups excluding carboxylic acids is 1. The quantitative estimate of drug-likeness (QED) is 0.327. The van der Waals surface area contributed by atoms with Gasteiger partial charge in [-0.1, -0.05) is 126 Å². The largest absolute Gasteiger partial charge is 0.309 e. The van der Waals surface area contributed by atoms with Gasteiger partial charge in [0.15, 0.2) is 0 Å². The van der Waals surface area contributed by atoms with Crippen LogP contribution in [0, 0.1) is 29.1 Å². The molecule has 0 N–H and O–H groups in total. The lowest BCUT2D eigenvalue weighted by atomic mass is 9.91. The summed E-state index contributed by atoms with van der Waals surface area (Å²) in [6.07, 6.45) is 23.3. The fourth-order valence-corrected chi connectivity index (χ4v) is 4.88. The Labute approximate surface area is 223 Å². The Morgan fingerprint density at radius 2 is 1.20 bits per heavy atom. The number of rotatable bonds is 7. The van der Waals surface area contributed by atoms with E-state index < -0.39 is 0 Å². The molecule has 0 saturated heterocycles. The normalized spacial score (nSPS) is 19.4.